The summed E-state index contributed by atoms with van der Waals surface area (Å²) in [6.45, 7) is -1.12. The van der Waals surface area contributed by atoms with Crippen LogP contribution < -0.4 is 5.90 Å². The number of nitrogens with zero attached hydrogens (tertiary/aromatic N) is 1. The third-order valence-corrected chi connectivity index (χ3v) is 0.676. The van der Waals surface area contributed by atoms with Gasteiger partial charge in [0.25, 0.3) is 0 Å². The van der Waals surface area contributed by atoms with E-state index in [1.807, 2.05) is 0 Å². The number of nitrogens with one attached hydrogen (secondary N) is 1. The van der Waals surface area contributed by atoms with Gasteiger partial charge in [0.05, 0.1) is 0 Å². The van der Waals surface area contributed by atoms with E-state index in [-0.39, 0.29) is 0 Å². The molecule has 0 fully saturated rings. The van der Waals surface area contributed by atoms with E-state index >= 15 is 0 Å². The quantitative estimate of drug-likeness (QED) is 0.238. The second-order valence-corrected chi connectivity index (χ2v) is 1.52. The van der Waals surface area contributed by atoms with Crippen LogP contribution in [0.4, 0.5) is 0 Å². The number of carbonyl (C=O) groups is 2. The third-order valence-electron chi connectivity index (χ3n) is 0.676. The zero-order valence-corrected chi connectivity index (χ0v) is 5.98. The lowest BCUT2D eigenvalue weighted by Crippen LogP contribution is -2.21. The molecule has 0 aromatic heterocycles. The van der Waals surface area contributed by atoms with E-state index in [1.54, 1.807) is 0 Å². The Morgan fingerprint density at radius 2 is 1.92 bits per heavy atom. The number of nitrogens with two attached hydrogens (primary N) is 1. The molecule has 0 amide bonds. The highest BCUT2D eigenvalue weighted by molar-refractivity contribution is 5.86. The summed E-state index contributed by atoms with van der Waals surface area (Å²) in [6, 6.07) is 0. The highest BCUT2D eigenvalue weighted by Gasteiger charge is 2.10. The molecule has 0 heterocycles. The molecule has 0 aromatic carbocycles. The number of ether oxygens (including phenoxy) is 1. The standard InChI is InChI=1S/C4H7N3O5/c5-7-11-2-4(9)12-3(8)1-10-6/h5H,1-2,6H2. The smallest absolute Gasteiger partial charge is 0.354 e. The van der Waals surface area contributed by atoms with Gasteiger partial charge >= 0.3 is 11.9 Å². The van der Waals surface area contributed by atoms with E-state index in [4.69, 9.17) is 5.53 Å². The molecule has 0 unspecified atom stereocenters. The minimum absolute atomic E-state index is 0.524. The summed E-state index contributed by atoms with van der Waals surface area (Å²) < 4.78 is 4.04. The van der Waals surface area contributed by atoms with Crippen LogP contribution in [0, 0.1) is 5.53 Å². The molecule has 0 atom stereocenters. The molecule has 0 radical (unpaired) electrons. The summed E-state index contributed by atoms with van der Waals surface area (Å²) in [7, 11) is 0. The van der Waals surface area contributed by atoms with Gasteiger partial charge in [0.15, 0.2) is 6.61 Å². The first kappa shape index (κ1) is 10.5. The summed E-state index contributed by atoms with van der Waals surface area (Å²) in [5, 5.41) is 2.41. The highest BCUT2D eigenvalue weighted by atomic mass is 16.7. The Balaban J connectivity index is 3.54. The lowest BCUT2D eigenvalue weighted by atomic mass is 10.7. The fourth-order valence-electron chi connectivity index (χ4n) is 0.339. The summed E-state index contributed by atoms with van der Waals surface area (Å²) in [4.78, 5) is 28.8. The molecule has 8 nitrogen and oxygen atoms in total. The van der Waals surface area contributed by atoms with Crippen LogP contribution in [0.5, 0.6) is 0 Å². The minimum atomic E-state index is -0.965. The molecule has 3 N–H and O–H groups in total. The van der Waals surface area contributed by atoms with Crippen molar-refractivity contribution in [3.63, 3.8) is 0 Å². The molecule has 0 rings (SSSR count). The Morgan fingerprint density at radius 1 is 1.33 bits per heavy atom. The third kappa shape index (κ3) is 5.26. The summed E-state index contributed by atoms with van der Waals surface area (Å²) in [5.41, 5.74) is 6.12. The van der Waals surface area contributed by atoms with Gasteiger partial charge in [0.1, 0.15) is 0 Å². The van der Waals surface area contributed by atoms with E-state index in [2.05, 4.69) is 25.6 Å². The topological polar surface area (TPSA) is 124 Å². The van der Waals surface area contributed by atoms with Gasteiger partial charge in [-0.3, -0.25) is 4.84 Å². The summed E-state index contributed by atoms with van der Waals surface area (Å²) in [5.74, 6) is 2.61. The van der Waals surface area contributed by atoms with E-state index in [1.165, 1.54) is 0 Å². The fraction of sp³-hybridized carbons (Fsp3) is 0.500. The lowest BCUT2D eigenvalue weighted by molar-refractivity contribution is -0.166. The molecule has 8 heteroatoms. The van der Waals surface area contributed by atoms with E-state index in [0.717, 1.165) is 0 Å². The Hall–Kier alpha value is -1.54. The molecule has 0 aliphatic heterocycles. The molecular weight excluding hydrogens is 170 g/mol. The SMILES string of the molecule is N=NOCC(=O)OC(=O)CON. The van der Waals surface area contributed by atoms with Crippen LogP contribution in [-0.2, 0) is 24.0 Å². The van der Waals surface area contributed by atoms with Crippen molar-refractivity contribution < 1.29 is 24.0 Å². The maximum Gasteiger partial charge on any atom is 0.354 e. The molecule has 0 aromatic rings. The van der Waals surface area contributed by atoms with Crippen molar-refractivity contribution in [1.29, 1.82) is 5.53 Å². The van der Waals surface area contributed by atoms with Crippen molar-refractivity contribution in [2.45, 2.75) is 0 Å². The average molecular weight is 177 g/mol. The molecule has 12 heavy (non-hydrogen) atoms. The molecule has 68 valence electrons. The van der Waals surface area contributed by atoms with Crippen LogP contribution in [0.3, 0.4) is 0 Å². The summed E-state index contributed by atoms with van der Waals surface area (Å²) >= 11 is 0. The monoisotopic (exact) mass is 177 g/mol. The Bertz CT molecular complexity index is 182. The number of hydrogen-bond donors (Lipinski definition) is 2. The van der Waals surface area contributed by atoms with Crippen LogP contribution in [0.2, 0.25) is 0 Å². The molecule has 0 aliphatic carbocycles. The zero-order valence-electron chi connectivity index (χ0n) is 5.98. The average Bonchev–Trinajstić information content (AvgIpc) is 2.01. The minimum Gasteiger partial charge on any atom is -0.389 e. The molecule has 0 bridgehead atoms. The van der Waals surface area contributed by atoms with Crippen molar-refractivity contribution in [1.82, 2.24) is 0 Å². The van der Waals surface area contributed by atoms with Gasteiger partial charge in [-0.05, 0) is 0 Å². The maximum atomic E-state index is 10.5. The lowest BCUT2D eigenvalue weighted by Gasteiger charge is -1.99. The highest BCUT2D eigenvalue weighted by Crippen LogP contribution is 1.83. The van der Waals surface area contributed by atoms with Gasteiger partial charge in [0.2, 0.25) is 6.61 Å². The Labute approximate surface area is 67.0 Å². The zero-order chi connectivity index (χ0) is 9.40. The first-order valence-corrected chi connectivity index (χ1v) is 2.74. The first-order chi connectivity index (χ1) is 5.70. The van der Waals surface area contributed by atoms with Crippen LogP contribution in [0.25, 0.3) is 0 Å². The molecule has 0 saturated carbocycles. The van der Waals surface area contributed by atoms with Crippen molar-refractivity contribution in [3.8, 4) is 0 Å². The predicted octanol–water partition coefficient (Wildman–Crippen LogP) is -1.09. The number of carbonyl (C=O) groups excluding carboxylic acids is 2. The maximum absolute atomic E-state index is 10.5. The van der Waals surface area contributed by atoms with Gasteiger partial charge in [-0.1, -0.05) is 0 Å². The van der Waals surface area contributed by atoms with E-state index < -0.39 is 25.2 Å². The number of rotatable bonds is 5. The van der Waals surface area contributed by atoms with Crippen LogP contribution in [-0.4, -0.2) is 25.2 Å². The van der Waals surface area contributed by atoms with Crippen molar-refractivity contribution in [2.24, 2.45) is 11.2 Å². The molecule has 0 spiro atoms. The number of hydrogen-bond acceptors (Lipinski definition) is 8. The van der Waals surface area contributed by atoms with Gasteiger partial charge in [0, 0.05) is 5.28 Å². The summed E-state index contributed by atoms with van der Waals surface area (Å²) in [6.07, 6.45) is 0. The second-order valence-electron chi connectivity index (χ2n) is 1.52. The first-order valence-electron chi connectivity index (χ1n) is 2.74. The fourth-order valence-corrected chi connectivity index (χ4v) is 0.339. The van der Waals surface area contributed by atoms with Crippen LogP contribution in [0.15, 0.2) is 5.28 Å². The molecule has 0 aliphatic rings. The normalized spacial score (nSPS) is 8.75. The van der Waals surface area contributed by atoms with Crippen molar-refractivity contribution in [2.75, 3.05) is 13.2 Å². The number of esters is 2. The van der Waals surface area contributed by atoms with E-state index in [9.17, 15) is 9.59 Å². The van der Waals surface area contributed by atoms with Gasteiger partial charge in [-0.25, -0.2) is 15.5 Å². The Morgan fingerprint density at radius 3 is 2.42 bits per heavy atom. The second kappa shape index (κ2) is 6.19. The van der Waals surface area contributed by atoms with Crippen LogP contribution in [0.1, 0.15) is 0 Å². The predicted molar refractivity (Wildman–Crippen MR) is 32.3 cm³/mol. The van der Waals surface area contributed by atoms with Gasteiger partial charge in [-0.2, -0.15) is 5.53 Å². The van der Waals surface area contributed by atoms with Crippen molar-refractivity contribution in [3.05, 3.63) is 0 Å². The van der Waals surface area contributed by atoms with Crippen LogP contribution >= 0.6 is 0 Å². The largest absolute Gasteiger partial charge is 0.389 e. The molecular formula is C4H7N3O5. The Kier molecular flexibility index (Phi) is 5.39. The van der Waals surface area contributed by atoms with Gasteiger partial charge < -0.3 is 9.57 Å². The van der Waals surface area contributed by atoms with Crippen molar-refractivity contribution >= 4 is 11.9 Å². The van der Waals surface area contributed by atoms with E-state index in [0.29, 0.717) is 0 Å². The molecule has 0 saturated heterocycles. The van der Waals surface area contributed by atoms with Gasteiger partial charge in [-0.15, -0.1) is 0 Å².